The monoisotopic (exact) mass is 530 g/mol. The van der Waals surface area contributed by atoms with Crippen molar-refractivity contribution in [1.82, 2.24) is 9.88 Å². The maximum atomic E-state index is 12.6. The van der Waals surface area contributed by atoms with Gasteiger partial charge >= 0.3 is 0 Å². The van der Waals surface area contributed by atoms with Crippen LogP contribution in [0.1, 0.15) is 46.7 Å². The van der Waals surface area contributed by atoms with Crippen molar-refractivity contribution in [2.24, 2.45) is 5.92 Å². The average molecular weight is 531 g/mol. The van der Waals surface area contributed by atoms with Crippen molar-refractivity contribution in [3.05, 3.63) is 113 Å². The van der Waals surface area contributed by atoms with Crippen LogP contribution in [0.15, 0.2) is 79.1 Å². The molecule has 1 atom stereocenters. The maximum absolute atomic E-state index is 12.6. The standard InChI is InChI=1S/C34H34N4O2/c1-23-12-34(39)38(20-23)21-30-13-24(2)32(15-33(30)40-22-27-14-26(16-35)17-36-18-27)37-19-29-10-7-11-31(25(29)3)28-8-5-4-6-9-28/h4-11,13-15,17-18,23,37H,12,19-22H2,1-3H3/t23-/m0/s1. The molecule has 1 aliphatic heterocycles. The quantitative estimate of drug-likeness (QED) is 0.258. The first-order valence-electron chi connectivity index (χ1n) is 13.7. The summed E-state index contributed by atoms with van der Waals surface area (Å²) < 4.78 is 6.32. The number of aryl methyl sites for hydroxylation is 1. The summed E-state index contributed by atoms with van der Waals surface area (Å²) in [6.07, 6.45) is 3.84. The molecule has 6 nitrogen and oxygen atoms in total. The van der Waals surface area contributed by atoms with Gasteiger partial charge in [0.25, 0.3) is 0 Å². The third-order valence-corrected chi connectivity index (χ3v) is 7.49. The van der Waals surface area contributed by atoms with Gasteiger partial charge < -0.3 is 15.0 Å². The number of nitriles is 1. The van der Waals surface area contributed by atoms with Gasteiger partial charge in [0.2, 0.25) is 5.91 Å². The Bertz CT molecular complexity index is 1560. The molecule has 202 valence electrons. The van der Waals surface area contributed by atoms with E-state index in [0.717, 1.165) is 34.7 Å². The number of benzene rings is 3. The number of rotatable bonds is 9. The molecule has 0 bridgehead atoms. The van der Waals surface area contributed by atoms with Crippen molar-refractivity contribution in [1.29, 1.82) is 5.26 Å². The Balaban J connectivity index is 1.40. The Morgan fingerprint density at radius 1 is 1.05 bits per heavy atom. The molecule has 0 radical (unpaired) electrons. The topological polar surface area (TPSA) is 78.2 Å². The average Bonchev–Trinajstić information content (AvgIpc) is 3.29. The highest BCUT2D eigenvalue weighted by Crippen LogP contribution is 2.32. The van der Waals surface area contributed by atoms with Crippen LogP contribution in [0.4, 0.5) is 5.69 Å². The zero-order valence-electron chi connectivity index (χ0n) is 23.3. The zero-order valence-corrected chi connectivity index (χ0v) is 23.3. The fraction of sp³-hybridized carbons (Fsp3) is 0.265. The van der Waals surface area contributed by atoms with E-state index in [1.165, 1.54) is 28.5 Å². The van der Waals surface area contributed by atoms with E-state index in [4.69, 9.17) is 4.74 Å². The number of carbonyl (C=O) groups is 1. The molecule has 1 aliphatic rings. The minimum atomic E-state index is 0.179. The lowest BCUT2D eigenvalue weighted by Crippen LogP contribution is -2.25. The van der Waals surface area contributed by atoms with E-state index >= 15 is 0 Å². The van der Waals surface area contributed by atoms with E-state index in [2.05, 4.69) is 85.7 Å². The molecule has 3 aromatic carbocycles. The number of aromatic nitrogens is 1. The zero-order chi connectivity index (χ0) is 28.1. The molecule has 1 aromatic heterocycles. The summed E-state index contributed by atoms with van der Waals surface area (Å²) in [5, 5.41) is 12.9. The van der Waals surface area contributed by atoms with Gasteiger partial charge in [-0.05, 0) is 59.7 Å². The lowest BCUT2D eigenvalue weighted by atomic mass is 9.96. The van der Waals surface area contributed by atoms with Gasteiger partial charge in [0.1, 0.15) is 18.4 Å². The van der Waals surface area contributed by atoms with E-state index in [1.54, 1.807) is 12.3 Å². The summed E-state index contributed by atoms with van der Waals surface area (Å²) in [6.45, 7) is 8.57. The van der Waals surface area contributed by atoms with Gasteiger partial charge in [-0.3, -0.25) is 9.78 Å². The molecule has 0 aliphatic carbocycles. The van der Waals surface area contributed by atoms with Gasteiger partial charge in [-0.2, -0.15) is 5.26 Å². The largest absolute Gasteiger partial charge is 0.488 e. The van der Waals surface area contributed by atoms with Gasteiger partial charge in [-0.15, -0.1) is 0 Å². The molecule has 0 unspecified atom stereocenters. The van der Waals surface area contributed by atoms with Crippen LogP contribution in [-0.2, 0) is 24.5 Å². The Morgan fingerprint density at radius 3 is 2.62 bits per heavy atom. The number of likely N-dealkylation sites (tertiary alicyclic amines) is 1. The normalized spacial score (nSPS) is 14.7. The van der Waals surface area contributed by atoms with Gasteiger partial charge in [-0.25, -0.2) is 0 Å². The molecule has 1 fully saturated rings. The molecule has 2 heterocycles. The molecule has 4 aromatic rings. The molecule has 1 saturated heterocycles. The predicted molar refractivity (Wildman–Crippen MR) is 158 cm³/mol. The van der Waals surface area contributed by atoms with Crippen molar-refractivity contribution in [2.45, 2.75) is 46.9 Å². The van der Waals surface area contributed by atoms with Crippen LogP contribution in [0.5, 0.6) is 5.75 Å². The van der Waals surface area contributed by atoms with Crippen LogP contribution in [0.3, 0.4) is 0 Å². The lowest BCUT2D eigenvalue weighted by molar-refractivity contribution is -0.128. The first kappa shape index (κ1) is 27.0. The van der Waals surface area contributed by atoms with Gasteiger partial charge in [-0.1, -0.05) is 55.5 Å². The van der Waals surface area contributed by atoms with Crippen molar-refractivity contribution < 1.29 is 9.53 Å². The molecule has 40 heavy (non-hydrogen) atoms. The van der Waals surface area contributed by atoms with Crippen LogP contribution >= 0.6 is 0 Å². The highest BCUT2D eigenvalue weighted by Gasteiger charge is 2.27. The Morgan fingerprint density at radius 2 is 1.88 bits per heavy atom. The summed E-state index contributed by atoms with van der Waals surface area (Å²) in [5.41, 5.74) is 9.27. The van der Waals surface area contributed by atoms with Crippen LogP contribution in [-0.4, -0.2) is 22.3 Å². The summed E-state index contributed by atoms with van der Waals surface area (Å²) in [7, 11) is 0. The maximum Gasteiger partial charge on any atom is 0.223 e. The van der Waals surface area contributed by atoms with Crippen molar-refractivity contribution in [3.8, 4) is 22.9 Å². The summed E-state index contributed by atoms with van der Waals surface area (Å²) in [4.78, 5) is 18.6. The van der Waals surface area contributed by atoms with E-state index in [0.29, 0.717) is 31.0 Å². The van der Waals surface area contributed by atoms with Crippen LogP contribution in [0, 0.1) is 31.1 Å². The second-order valence-electron chi connectivity index (χ2n) is 10.7. The van der Waals surface area contributed by atoms with E-state index < -0.39 is 0 Å². The second-order valence-corrected chi connectivity index (χ2v) is 10.7. The molecule has 0 spiro atoms. The van der Waals surface area contributed by atoms with E-state index in [1.807, 2.05) is 17.0 Å². The molecule has 1 N–H and O–H groups in total. The molecule has 5 rings (SSSR count). The fourth-order valence-corrected chi connectivity index (χ4v) is 5.31. The molecular weight excluding hydrogens is 496 g/mol. The van der Waals surface area contributed by atoms with Crippen LogP contribution in [0.2, 0.25) is 0 Å². The summed E-state index contributed by atoms with van der Waals surface area (Å²) >= 11 is 0. The van der Waals surface area contributed by atoms with Gasteiger partial charge in [0, 0.05) is 61.3 Å². The van der Waals surface area contributed by atoms with Crippen molar-refractivity contribution in [2.75, 3.05) is 11.9 Å². The van der Waals surface area contributed by atoms with Crippen LogP contribution < -0.4 is 10.1 Å². The number of amides is 1. The number of pyridine rings is 1. The lowest BCUT2D eigenvalue weighted by Gasteiger charge is -2.21. The third kappa shape index (κ3) is 6.16. The Kier molecular flexibility index (Phi) is 8.12. The first-order valence-corrected chi connectivity index (χ1v) is 13.7. The number of hydrogen-bond donors (Lipinski definition) is 1. The third-order valence-electron chi connectivity index (χ3n) is 7.49. The summed E-state index contributed by atoms with van der Waals surface area (Å²) in [5.74, 6) is 1.25. The van der Waals surface area contributed by atoms with E-state index in [-0.39, 0.29) is 12.5 Å². The van der Waals surface area contributed by atoms with E-state index in [9.17, 15) is 10.1 Å². The Hall–Kier alpha value is -4.63. The second kappa shape index (κ2) is 12.0. The minimum Gasteiger partial charge on any atom is -0.488 e. The number of hydrogen-bond acceptors (Lipinski definition) is 5. The highest BCUT2D eigenvalue weighted by atomic mass is 16.5. The molecule has 1 amide bonds. The first-order chi connectivity index (χ1) is 19.4. The van der Waals surface area contributed by atoms with Crippen LogP contribution in [0.25, 0.3) is 11.1 Å². The van der Waals surface area contributed by atoms with Gasteiger partial charge in [0.05, 0.1) is 5.56 Å². The number of carbonyl (C=O) groups excluding carboxylic acids is 1. The highest BCUT2D eigenvalue weighted by molar-refractivity contribution is 5.78. The fourth-order valence-electron chi connectivity index (χ4n) is 5.31. The summed E-state index contributed by atoms with van der Waals surface area (Å²) in [6, 6.07) is 24.9. The molecule has 6 heteroatoms. The number of anilines is 1. The van der Waals surface area contributed by atoms with Crippen molar-refractivity contribution in [3.63, 3.8) is 0 Å². The predicted octanol–water partition coefficient (Wildman–Crippen LogP) is 6.80. The number of nitrogens with zero attached hydrogens (tertiary/aromatic N) is 3. The Labute approximate surface area is 236 Å². The molecular formula is C34H34N4O2. The SMILES string of the molecule is Cc1cc(CN2C[C@@H](C)CC2=O)c(OCc2cncc(C#N)c2)cc1NCc1cccc(-c2ccccc2)c1C. The van der Waals surface area contributed by atoms with Crippen molar-refractivity contribution >= 4 is 11.6 Å². The molecule has 0 saturated carbocycles. The van der Waals surface area contributed by atoms with Gasteiger partial charge in [0.15, 0.2) is 0 Å². The smallest absolute Gasteiger partial charge is 0.223 e. The minimum absolute atomic E-state index is 0.179. The number of nitrogens with one attached hydrogen (secondary N) is 1. The number of ether oxygens (including phenoxy) is 1.